The summed E-state index contributed by atoms with van der Waals surface area (Å²) in [7, 11) is 0. The van der Waals surface area contributed by atoms with Crippen LogP contribution in [0.25, 0.3) is 6.08 Å². The summed E-state index contributed by atoms with van der Waals surface area (Å²) >= 11 is 3.37. The summed E-state index contributed by atoms with van der Waals surface area (Å²) in [6, 6.07) is 11.8. The number of Topliss-reactive ketones (excluding diaryl/α,β-unsaturated/α-hetero) is 1. The van der Waals surface area contributed by atoms with Crippen molar-refractivity contribution in [1.82, 2.24) is 4.90 Å². The second-order valence-corrected chi connectivity index (χ2v) is 13.3. The van der Waals surface area contributed by atoms with Crippen LogP contribution in [0.5, 0.6) is 11.5 Å². The zero-order valence-corrected chi connectivity index (χ0v) is 26.6. The number of carbonyl (C=O) groups is 1. The standard InChI is InChI=1S/C33H45BrN2O3/c1-10-13-23-19-36(31(35-34)25(23)16-22-14-11-12-15-29(22)39-21(2)3)20-28(37)24-17-26(32(4,5)6)30(38)27(18-24)33(7,8)9/h11-12,14-18,21,23,38H,10,13,19-20H2,1-9H3/b25-16+,35-31?. The number of aromatic hydroxyl groups is 1. The predicted molar refractivity (Wildman–Crippen MR) is 166 cm³/mol. The van der Waals surface area contributed by atoms with E-state index >= 15 is 0 Å². The first-order valence-electron chi connectivity index (χ1n) is 14.0. The van der Waals surface area contributed by atoms with Gasteiger partial charge in [0.1, 0.15) is 17.3 Å². The molecular formula is C33H45BrN2O3. The number of carbonyl (C=O) groups excluding carboxylic acids is 1. The third kappa shape index (κ3) is 7.33. The Kier molecular flexibility index (Phi) is 9.74. The molecule has 6 heteroatoms. The van der Waals surface area contributed by atoms with Crippen molar-refractivity contribution in [1.29, 1.82) is 0 Å². The number of benzene rings is 2. The molecule has 1 aliphatic heterocycles. The van der Waals surface area contributed by atoms with Crippen molar-refractivity contribution in [2.45, 2.75) is 92.1 Å². The minimum Gasteiger partial charge on any atom is -0.507 e. The van der Waals surface area contributed by atoms with Gasteiger partial charge < -0.3 is 14.7 Å². The smallest absolute Gasteiger partial charge is 0.182 e. The molecule has 1 unspecified atom stereocenters. The Labute approximate surface area is 243 Å². The Balaban J connectivity index is 2.01. The monoisotopic (exact) mass is 596 g/mol. The normalized spacial score (nSPS) is 18.4. The molecular weight excluding hydrogens is 552 g/mol. The van der Waals surface area contributed by atoms with Gasteiger partial charge in [-0.1, -0.05) is 73.1 Å². The summed E-state index contributed by atoms with van der Waals surface area (Å²) in [6.45, 7) is 19.5. The summed E-state index contributed by atoms with van der Waals surface area (Å²) < 4.78 is 10.6. The van der Waals surface area contributed by atoms with Gasteiger partial charge in [0.15, 0.2) is 5.78 Å². The van der Waals surface area contributed by atoms with Gasteiger partial charge in [-0.15, -0.1) is 0 Å². The summed E-state index contributed by atoms with van der Waals surface area (Å²) in [5.74, 6) is 2.17. The predicted octanol–water partition coefficient (Wildman–Crippen LogP) is 8.48. The molecule has 0 radical (unpaired) electrons. The summed E-state index contributed by atoms with van der Waals surface area (Å²) in [5, 5.41) is 11.1. The molecule has 1 heterocycles. The Hall–Kier alpha value is -2.60. The van der Waals surface area contributed by atoms with Gasteiger partial charge in [-0.2, -0.15) is 4.02 Å². The molecule has 0 spiro atoms. The third-order valence-electron chi connectivity index (χ3n) is 7.13. The number of nitrogens with zero attached hydrogens (tertiary/aromatic N) is 2. The molecule has 1 fully saturated rings. The number of para-hydroxylation sites is 1. The van der Waals surface area contributed by atoms with Crippen LogP contribution in [0, 0.1) is 5.92 Å². The Morgan fingerprint density at radius 3 is 2.23 bits per heavy atom. The quantitative estimate of drug-likeness (QED) is 0.310. The van der Waals surface area contributed by atoms with E-state index in [0.717, 1.165) is 53.2 Å². The first kappa shape index (κ1) is 30.9. The number of hydrogen-bond donors (Lipinski definition) is 1. The number of ether oxygens (including phenoxy) is 1. The van der Waals surface area contributed by atoms with Crippen molar-refractivity contribution in [3.8, 4) is 11.5 Å². The number of ketones is 1. The van der Waals surface area contributed by atoms with Crippen LogP contribution in [-0.4, -0.2) is 40.8 Å². The molecule has 2 aromatic rings. The average molecular weight is 598 g/mol. The lowest BCUT2D eigenvalue weighted by Gasteiger charge is -2.28. The van der Waals surface area contributed by atoms with Gasteiger partial charge in [0.25, 0.3) is 0 Å². The minimum absolute atomic E-state index is 0.0136. The van der Waals surface area contributed by atoms with Crippen LogP contribution in [0.3, 0.4) is 0 Å². The number of likely N-dealkylation sites (tertiary alicyclic amines) is 1. The number of rotatable bonds is 8. The van der Waals surface area contributed by atoms with Crippen molar-refractivity contribution < 1.29 is 14.6 Å². The van der Waals surface area contributed by atoms with E-state index in [2.05, 4.69) is 85.7 Å². The molecule has 39 heavy (non-hydrogen) atoms. The molecule has 1 atom stereocenters. The van der Waals surface area contributed by atoms with Gasteiger partial charge in [0.2, 0.25) is 0 Å². The summed E-state index contributed by atoms with van der Waals surface area (Å²) in [4.78, 5) is 15.9. The van der Waals surface area contributed by atoms with Crippen LogP contribution in [0.4, 0.5) is 0 Å². The first-order valence-corrected chi connectivity index (χ1v) is 14.7. The first-order chi connectivity index (χ1) is 18.2. The highest BCUT2D eigenvalue weighted by atomic mass is 79.9. The highest BCUT2D eigenvalue weighted by Crippen LogP contribution is 2.40. The van der Waals surface area contributed by atoms with Crippen molar-refractivity contribution in [3.63, 3.8) is 0 Å². The fourth-order valence-corrected chi connectivity index (χ4v) is 5.60. The number of amidine groups is 1. The van der Waals surface area contributed by atoms with Gasteiger partial charge in [0, 0.05) is 40.3 Å². The Morgan fingerprint density at radius 1 is 1.13 bits per heavy atom. The molecule has 0 aliphatic carbocycles. The lowest BCUT2D eigenvalue weighted by Crippen LogP contribution is -2.32. The Morgan fingerprint density at radius 2 is 1.72 bits per heavy atom. The molecule has 212 valence electrons. The van der Waals surface area contributed by atoms with E-state index in [1.807, 2.05) is 44.2 Å². The van der Waals surface area contributed by atoms with E-state index in [1.54, 1.807) is 0 Å². The second-order valence-electron chi connectivity index (χ2n) is 12.9. The highest BCUT2D eigenvalue weighted by molar-refractivity contribution is 9.08. The second kappa shape index (κ2) is 12.3. The van der Waals surface area contributed by atoms with Crippen molar-refractivity contribution in [3.05, 3.63) is 64.2 Å². The summed E-state index contributed by atoms with van der Waals surface area (Å²) in [6.07, 6.45) is 4.26. The maximum atomic E-state index is 13.8. The summed E-state index contributed by atoms with van der Waals surface area (Å²) in [5.41, 5.74) is 3.72. The molecule has 0 bridgehead atoms. The molecule has 2 aromatic carbocycles. The van der Waals surface area contributed by atoms with Gasteiger partial charge in [-0.3, -0.25) is 4.79 Å². The van der Waals surface area contributed by atoms with Crippen LogP contribution in [0.15, 0.2) is 46.0 Å². The van der Waals surface area contributed by atoms with Crippen molar-refractivity contribution >= 4 is 33.8 Å². The van der Waals surface area contributed by atoms with Crippen LogP contribution in [0.2, 0.25) is 0 Å². The zero-order chi connectivity index (χ0) is 29.1. The van der Waals surface area contributed by atoms with E-state index in [-0.39, 0.29) is 40.9 Å². The largest absolute Gasteiger partial charge is 0.507 e. The minimum atomic E-state index is -0.302. The highest BCUT2D eigenvalue weighted by Gasteiger charge is 2.35. The number of hydrogen-bond acceptors (Lipinski definition) is 4. The van der Waals surface area contributed by atoms with Crippen LogP contribution in [-0.2, 0) is 10.8 Å². The molecule has 5 nitrogen and oxygen atoms in total. The van der Waals surface area contributed by atoms with Crippen molar-refractivity contribution in [2.75, 3.05) is 13.1 Å². The number of halogens is 1. The maximum absolute atomic E-state index is 13.8. The molecule has 0 saturated carbocycles. The van der Waals surface area contributed by atoms with Gasteiger partial charge in [-0.25, -0.2) is 0 Å². The van der Waals surface area contributed by atoms with E-state index in [0.29, 0.717) is 5.56 Å². The van der Waals surface area contributed by atoms with Crippen LogP contribution in [0.1, 0.15) is 102 Å². The third-order valence-corrected chi connectivity index (χ3v) is 7.47. The maximum Gasteiger partial charge on any atom is 0.182 e. The molecule has 3 rings (SSSR count). The van der Waals surface area contributed by atoms with E-state index in [4.69, 9.17) is 4.74 Å². The van der Waals surface area contributed by atoms with E-state index in [9.17, 15) is 9.90 Å². The Bertz CT molecular complexity index is 1210. The van der Waals surface area contributed by atoms with Gasteiger partial charge in [-0.05, 0) is 55.4 Å². The lowest BCUT2D eigenvalue weighted by molar-refractivity contribution is 0.0963. The number of phenols is 1. The van der Waals surface area contributed by atoms with Crippen LogP contribution >= 0.6 is 16.1 Å². The molecule has 0 aromatic heterocycles. The molecule has 0 amide bonds. The fraction of sp³-hybridized carbons (Fsp3) is 0.515. The van der Waals surface area contributed by atoms with Gasteiger partial charge in [0.05, 0.1) is 28.8 Å². The lowest BCUT2D eigenvalue weighted by atomic mass is 9.78. The zero-order valence-electron chi connectivity index (χ0n) is 25.1. The van der Waals surface area contributed by atoms with Crippen molar-refractivity contribution in [2.24, 2.45) is 9.94 Å². The topological polar surface area (TPSA) is 62.1 Å². The molecule has 1 aliphatic rings. The number of phenolic OH excluding ortho intramolecular Hbond substituents is 1. The molecule has 1 N–H and O–H groups in total. The fourth-order valence-electron chi connectivity index (χ4n) is 5.17. The van der Waals surface area contributed by atoms with E-state index in [1.165, 1.54) is 0 Å². The van der Waals surface area contributed by atoms with Crippen LogP contribution < -0.4 is 4.74 Å². The average Bonchev–Trinajstić information content (AvgIpc) is 3.14. The van der Waals surface area contributed by atoms with E-state index < -0.39 is 0 Å². The van der Waals surface area contributed by atoms with Gasteiger partial charge >= 0.3 is 0 Å². The SMILES string of the molecule is CCCC1CN(CC(=O)c2cc(C(C)(C)C)c(O)c(C(C)(C)C)c2)C(=NBr)/C1=C/c1ccccc1OC(C)C. The molecule has 1 saturated heterocycles.